The van der Waals surface area contributed by atoms with Gasteiger partial charge in [-0.25, -0.2) is 0 Å². The van der Waals surface area contributed by atoms with Gasteiger partial charge in [-0.3, -0.25) is 0 Å². The molecular formula is C12H22Ge. The topological polar surface area (TPSA) is 0 Å². The summed E-state index contributed by atoms with van der Waals surface area (Å²) >= 11 is -1.60. The van der Waals surface area contributed by atoms with Crippen LogP contribution in [0.5, 0.6) is 0 Å². The summed E-state index contributed by atoms with van der Waals surface area (Å²) in [6, 6.07) is 0. The van der Waals surface area contributed by atoms with Crippen LogP contribution in [0.3, 0.4) is 0 Å². The molecule has 0 heterocycles. The minimum absolute atomic E-state index is 1.22. The van der Waals surface area contributed by atoms with Crippen molar-refractivity contribution in [2.75, 3.05) is 0 Å². The zero-order valence-electron chi connectivity index (χ0n) is 9.70. The van der Waals surface area contributed by atoms with E-state index in [1.165, 1.54) is 21.3 Å². The van der Waals surface area contributed by atoms with Crippen molar-refractivity contribution >= 4 is 13.3 Å². The van der Waals surface area contributed by atoms with Crippen molar-refractivity contribution < 1.29 is 0 Å². The van der Waals surface area contributed by atoms with Crippen LogP contribution < -0.4 is 0 Å². The molecule has 0 bridgehead atoms. The van der Waals surface area contributed by atoms with E-state index >= 15 is 0 Å². The molecule has 74 valence electrons. The first-order valence-corrected chi connectivity index (χ1v) is 10.9. The number of rotatable bonds is 4. The quantitative estimate of drug-likeness (QED) is 0.506. The molecule has 0 atom stereocenters. The fourth-order valence-corrected chi connectivity index (χ4v) is 6.62. The Balaban J connectivity index is 4.80. The molecule has 0 fully saturated rings. The molecule has 0 aromatic heterocycles. The van der Waals surface area contributed by atoms with Gasteiger partial charge in [0.25, 0.3) is 0 Å². The fraction of sp³-hybridized carbons (Fsp3) is 0.667. The normalized spacial score (nSPS) is 10.2. The Kier molecular flexibility index (Phi) is 6.24. The van der Waals surface area contributed by atoms with Gasteiger partial charge in [-0.2, -0.15) is 0 Å². The van der Waals surface area contributed by atoms with Gasteiger partial charge in [0.2, 0.25) is 0 Å². The maximum absolute atomic E-state index is 3.25. The molecule has 0 saturated carbocycles. The molecule has 0 aromatic rings. The van der Waals surface area contributed by atoms with Gasteiger partial charge >= 0.3 is 85.6 Å². The monoisotopic (exact) mass is 240 g/mol. The predicted molar refractivity (Wildman–Crippen MR) is 63.7 cm³/mol. The van der Waals surface area contributed by atoms with Crippen LogP contribution in [-0.2, 0) is 0 Å². The number of allylic oxidation sites excluding steroid dienone is 1. The first-order valence-electron chi connectivity index (χ1n) is 5.26. The van der Waals surface area contributed by atoms with Crippen molar-refractivity contribution in [2.45, 2.75) is 50.4 Å². The Morgan fingerprint density at radius 1 is 1.08 bits per heavy atom. The van der Waals surface area contributed by atoms with Crippen molar-refractivity contribution in [3.8, 4) is 0 Å². The van der Waals surface area contributed by atoms with Crippen LogP contribution in [0.25, 0.3) is 0 Å². The SMILES string of the molecule is C[CH2][Ge]([CH]=C=C=C(C)C)([CH2]C)[CH2]C. The Labute approximate surface area is 85.8 Å². The molecule has 0 spiro atoms. The van der Waals surface area contributed by atoms with Gasteiger partial charge < -0.3 is 0 Å². The van der Waals surface area contributed by atoms with Gasteiger partial charge in [0.05, 0.1) is 0 Å². The van der Waals surface area contributed by atoms with Crippen LogP contribution in [0.15, 0.2) is 21.9 Å². The molecule has 0 radical (unpaired) electrons. The minimum atomic E-state index is -1.60. The molecule has 0 N–H and O–H groups in total. The summed E-state index contributed by atoms with van der Waals surface area (Å²) in [5.74, 6) is 0. The second-order valence-corrected chi connectivity index (χ2v) is 14.6. The molecule has 0 aromatic carbocycles. The van der Waals surface area contributed by atoms with Gasteiger partial charge in [0, 0.05) is 0 Å². The summed E-state index contributed by atoms with van der Waals surface area (Å²) < 4.78 is 0. The zero-order valence-corrected chi connectivity index (χ0v) is 11.8. The molecule has 0 aliphatic carbocycles. The third-order valence-corrected chi connectivity index (χ3v) is 13.3. The van der Waals surface area contributed by atoms with Gasteiger partial charge in [-0.15, -0.1) is 0 Å². The summed E-state index contributed by atoms with van der Waals surface area (Å²) in [6.07, 6.45) is 0. The van der Waals surface area contributed by atoms with E-state index in [9.17, 15) is 0 Å². The molecule has 0 rings (SSSR count). The Bertz CT molecular complexity index is 222. The standard InChI is InChI=1S/C12H22Ge/c1-6-13(7-2,8-3)11-9-10-12(4)5/h11H,6-8H2,1-5H3. The van der Waals surface area contributed by atoms with Gasteiger partial charge in [0.1, 0.15) is 0 Å². The van der Waals surface area contributed by atoms with Crippen LogP contribution in [0.1, 0.15) is 34.6 Å². The van der Waals surface area contributed by atoms with E-state index in [4.69, 9.17) is 0 Å². The van der Waals surface area contributed by atoms with E-state index in [0.717, 1.165) is 0 Å². The van der Waals surface area contributed by atoms with Crippen LogP contribution in [0.2, 0.25) is 15.8 Å². The number of hydrogen-bond acceptors (Lipinski definition) is 0. The van der Waals surface area contributed by atoms with E-state index < -0.39 is 13.3 Å². The fourth-order valence-electron chi connectivity index (χ4n) is 1.39. The van der Waals surface area contributed by atoms with Crippen molar-refractivity contribution in [2.24, 2.45) is 0 Å². The Morgan fingerprint density at radius 2 is 1.54 bits per heavy atom. The van der Waals surface area contributed by atoms with Gasteiger partial charge in [0.15, 0.2) is 0 Å². The summed E-state index contributed by atoms with van der Waals surface area (Å²) in [6.45, 7) is 11.1. The first-order chi connectivity index (χ1) is 6.10. The molecule has 0 amide bonds. The first kappa shape index (κ1) is 12.8. The van der Waals surface area contributed by atoms with Crippen LogP contribution in [-0.4, -0.2) is 13.3 Å². The van der Waals surface area contributed by atoms with E-state index in [0.29, 0.717) is 0 Å². The van der Waals surface area contributed by atoms with E-state index in [2.05, 4.69) is 51.0 Å². The third kappa shape index (κ3) is 4.57. The molecule has 0 aliphatic heterocycles. The average Bonchev–Trinajstić information content (AvgIpc) is 2.13. The second kappa shape index (κ2) is 6.32. The van der Waals surface area contributed by atoms with Crippen molar-refractivity contribution in [3.63, 3.8) is 0 Å². The van der Waals surface area contributed by atoms with Crippen LogP contribution in [0.4, 0.5) is 0 Å². The van der Waals surface area contributed by atoms with Crippen molar-refractivity contribution in [1.82, 2.24) is 0 Å². The van der Waals surface area contributed by atoms with Gasteiger partial charge in [-0.05, 0) is 0 Å². The molecule has 13 heavy (non-hydrogen) atoms. The summed E-state index contributed by atoms with van der Waals surface area (Å²) in [4.78, 5) is 2.38. The second-order valence-electron chi connectivity index (χ2n) is 3.84. The average molecular weight is 239 g/mol. The molecule has 0 nitrogen and oxygen atoms in total. The maximum atomic E-state index is 3.25. The zero-order chi connectivity index (χ0) is 10.3. The van der Waals surface area contributed by atoms with E-state index in [1.807, 2.05) is 0 Å². The predicted octanol–water partition coefficient (Wildman–Crippen LogP) is 4.31. The van der Waals surface area contributed by atoms with Crippen LogP contribution in [0, 0.1) is 0 Å². The molecule has 1 heteroatoms. The third-order valence-electron chi connectivity index (χ3n) is 2.81. The number of hydrogen-bond donors (Lipinski definition) is 0. The molecule has 0 unspecified atom stereocenters. The Morgan fingerprint density at radius 3 is 1.85 bits per heavy atom. The summed E-state index contributed by atoms with van der Waals surface area (Å²) in [5.41, 5.74) is 7.63. The Hall–Kier alpha value is -0.157. The van der Waals surface area contributed by atoms with Crippen molar-refractivity contribution in [3.05, 3.63) is 21.9 Å². The van der Waals surface area contributed by atoms with Crippen molar-refractivity contribution in [1.29, 1.82) is 0 Å². The molecular weight excluding hydrogens is 217 g/mol. The van der Waals surface area contributed by atoms with Crippen LogP contribution >= 0.6 is 0 Å². The summed E-state index contributed by atoms with van der Waals surface area (Å²) in [7, 11) is 0. The molecule has 0 saturated heterocycles. The van der Waals surface area contributed by atoms with Gasteiger partial charge in [-0.1, -0.05) is 0 Å². The molecule has 0 aliphatic rings. The van der Waals surface area contributed by atoms with E-state index in [-0.39, 0.29) is 0 Å². The van der Waals surface area contributed by atoms with E-state index in [1.54, 1.807) is 0 Å². The summed E-state index contributed by atoms with van der Waals surface area (Å²) in [5, 5.41) is 4.14.